The van der Waals surface area contributed by atoms with Crippen LogP contribution in [0.2, 0.25) is 0 Å². The molecule has 3 rings (SSSR count). The van der Waals surface area contributed by atoms with Gasteiger partial charge in [0.15, 0.2) is 11.0 Å². The molecule has 0 unspecified atom stereocenters. The molecule has 1 aromatic carbocycles. The molecular formula is C19H20N6O3S. The third kappa shape index (κ3) is 4.60. The van der Waals surface area contributed by atoms with E-state index in [0.29, 0.717) is 23.2 Å². The summed E-state index contributed by atoms with van der Waals surface area (Å²) in [6.07, 6.45) is 3.40. The molecule has 0 bridgehead atoms. The number of benzene rings is 1. The fourth-order valence-electron chi connectivity index (χ4n) is 2.67. The van der Waals surface area contributed by atoms with Crippen LogP contribution in [0.15, 0.2) is 47.9 Å². The Morgan fingerprint density at radius 3 is 2.79 bits per heavy atom. The lowest BCUT2D eigenvalue weighted by atomic mass is 10.2. The molecule has 1 atom stereocenters. The maximum atomic E-state index is 12.7. The number of nitro benzene ring substituents is 1. The first-order valence-corrected chi connectivity index (χ1v) is 9.84. The van der Waals surface area contributed by atoms with Crippen LogP contribution in [0.5, 0.6) is 0 Å². The molecule has 2 aromatic heterocycles. The number of thioether (sulfide) groups is 1. The lowest BCUT2D eigenvalue weighted by Crippen LogP contribution is -2.23. The maximum Gasteiger partial charge on any atom is 0.271 e. The maximum absolute atomic E-state index is 12.7. The highest BCUT2D eigenvalue weighted by atomic mass is 32.2. The number of hydrogen-bond donors (Lipinski definition) is 1. The van der Waals surface area contributed by atoms with Crippen LogP contribution in [0.25, 0.3) is 11.4 Å². The van der Waals surface area contributed by atoms with Crippen molar-refractivity contribution in [2.75, 3.05) is 5.32 Å². The number of amides is 1. The molecule has 29 heavy (non-hydrogen) atoms. The minimum atomic E-state index is -0.489. The van der Waals surface area contributed by atoms with Gasteiger partial charge >= 0.3 is 0 Å². The predicted molar refractivity (Wildman–Crippen MR) is 111 cm³/mol. The van der Waals surface area contributed by atoms with Gasteiger partial charge in [-0.2, -0.15) is 0 Å². The molecule has 3 aromatic rings. The molecule has 9 nitrogen and oxygen atoms in total. The van der Waals surface area contributed by atoms with Crippen molar-refractivity contribution in [1.82, 2.24) is 19.7 Å². The molecule has 0 spiro atoms. The number of rotatable bonds is 7. The summed E-state index contributed by atoms with van der Waals surface area (Å²) in [5, 5.41) is 22.4. The van der Waals surface area contributed by atoms with Gasteiger partial charge in [0.2, 0.25) is 5.91 Å². The number of anilines is 1. The molecule has 2 heterocycles. The Hall–Kier alpha value is -3.27. The van der Waals surface area contributed by atoms with E-state index in [1.54, 1.807) is 32.3 Å². The first-order chi connectivity index (χ1) is 13.9. The lowest BCUT2D eigenvalue weighted by Gasteiger charge is -2.14. The lowest BCUT2D eigenvalue weighted by molar-refractivity contribution is -0.384. The highest BCUT2D eigenvalue weighted by Gasteiger charge is 2.21. The van der Waals surface area contributed by atoms with Gasteiger partial charge in [-0.15, -0.1) is 10.2 Å². The number of nitrogens with zero attached hydrogens (tertiary/aromatic N) is 5. The minimum Gasteiger partial charge on any atom is -0.325 e. The molecule has 1 N–H and O–H groups in total. The zero-order chi connectivity index (χ0) is 21.0. The summed E-state index contributed by atoms with van der Waals surface area (Å²) in [5.74, 6) is 0.414. The molecule has 0 saturated carbocycles. The second-order valence-corrected chi connectivity index (χ2v) is 7.61. The van der Waals surface area contributed by atoms with Crippen molar-refractivity contribution in [3.05, 3.63) is 58.4 Å². The molecule has 0 aliphatic heterocycles. The van der Waals surface area contributed by atoms with E-state index in [4.69, 9.17) is 0 Å². The summed E-state index contributed by atoms with van der Waals surface area (Å²) in [6.45, 7) is 6.15. The zero-order valence-electron chi connectivity index (χ0n) is 16.2. The van der Waals surface area contributed by atoms with Gasteiger partial charge < -0.3 is 9.88 Å². The van der Waals surface area contributed by atoms with E-state index >= 15 is 0 Å². The summed E-state index contributed by atoms with van der Waals surface area (Å²) in [5.41, 5.74) is 1.94. The Balaban J connectivity index is 1.76. The summed E-state index contributed by atoms with van der Waals surface area (Å²) >= 11 is 1.28. The smallest absolute Gasteiger partial charge is 0.271 e. The Morgan fingerprint density at radius 2 is 2.14 bits per heavy atom. The van der Waals surface area contributed by atoms with Gasteiger partial charge in [-0.25, -0.2) is 0 Å². The van der Waals surface area contributed by atoms with Gasteiger partial charge in [0.25, 0.3) is 5.69 Å². The molecule has 0 aliphatic carbocycles. The summed E-state index contributed by atoms with van der Waals surface area (Å²) < 4.78 is 1.92. The Bertz CT molecular complexity index is 1040. The number of aryl methyl sites for hydroxylation is 1. The number of non-ortho nitro benzene ring substituents is 1. The van der Waals surface area contributed by atoms with Crippen molar-refractivity contribution < 1.29 is 9.72 Å². The second kappa shape index (κ2) is 8.82. The number of hydrogen-bond acceptors (Lipinski definition) is 7. The van der Waals surface area contributed by atoms with Crippen molar-refractivity contribution in [2.24, 2.45) is 0 Å². The van der Waals surface area contributed by atoms with Crippen LogP contribution in [0.3, 0.4) is 0 Å². The molecule has 150 valence electrons. The number of aromatic nitrogens is 4. The van der Waals surface area contributed by atoms with Gasteiger partial charge in [-0.05, 0) is 38.5 Å². The van der Waals surface area contributed by atoms with Crippen LogP contribution >= 0.6 is 11.8 Å². The topological polar surface area (TPSA) is 116 Å². The third-order valence-corrected chi connectivity index (χ3v) is 5.37. The van der Waals surface area contributed by atoms with Gasteiger partial charge in [0.05, 0.1) is 15.9 Å². The van der Waals surface area contributed by atoms with E-state index in [9.17, 15) is 14.9 Å². The zero-order valence-corrected chi connectivity index (χ0v) is 17.0. The highest BCUT2D eigenvalue weighted by molar-refractivity contribution is 8.00. The van der Waals surface area contributed by atoms with Crippen LogP contribution in [0.1, 0.15) is 19.4 Å². The van der Waals surface area contributed by atoms with Crippen molar-refractivity contribution in [3.8, 4) is 11.4 Å². The summed E-state index contributed by atoms with van der Waals surface area (Å²) in [4.78, 5) is 27.3. The summed E-state index contributed by atoms with van der Waals surface area (Å²) in [6, 6.07) is 8.11. The minimum absolute atomic E-state index is 0.0713. The molecule has 0 saturated heterocycles. The quantitative estimate of drug-likeness (QED) is 0.357. The van der Waals surface area contributed by atoms with E-state index in [2.05, 4.69) is 20.5 Å². The van der Waals surface area contributed by atoms with Crippen LogP contribution in [-0.2, 0) is 11.3 Å². The average Bonchev–Trinajstić information content (AvgIpc) is 3.12. The van der Waals surface area contributed by atoms with Crippen molar-refractivity contribution in [2.45, 2.75) is 37.7 Å². The predicted octanol–water partition coefficient (Wildman–Crippen LogP) is 3.70. The first kappa shape index (κ1) is 20.5. The van der Waals surface area contributed by atoms with Crippen LogP contribution in [0.4, 0.5) is 11.4 Å². The first-order valence-electron chi connectivity index (χ1n) is 8.96. The molecule has 0 aliphatic rings. The second-order valence-electron chi connectivity index (χ2n) is 6.30. The van der Waals surface area contributed by atoms with Gasteiger partial charge in [0, 0.05) is 36.6 Å². The van der Waals surface area contributed by atoms with E-state index in [-0.39, 0.29) is 11.6 Å². The van der Waals surface area contributed by atoms with Gasteiger partial charge in [-0.1, -0.05) is 17.8 Å². The van der Waals surface area contributed by atoms with E-state index in [1.807, 2.05) is 23.6 Å². The van der Waals surface area contributed by atoms with Crippen LogP contribution in [0, 0.1) is 17.0 Å². The molecular weight excluding hydrogens is 392 g/mol. The summed E-state index contributed by atoms with van der Waals surface area (Å²) in [7, 11) is 0. The fourth-order valence-corrected chi connectivity index (χ4v) is 3.59. The van der Waals surface area contributed by atoms with Gasteiger partial charge in [-0.3, -0.25) is 19.9 Å². The fraction of sp³-hybridized carbons (Fsp3) is 0.263. The Kier molecular flexibility index (Phi) is 6.23. The largest absolute Gasteiger partial charge is 0.325 e. The van der Waals surface area contributed by atoms with Crippen molar-refractivity contribution in [1.29, 1.82) is 0 Å². The monoisotopic (exact) mass is 412 g/mol. The van der Waals surface area contributed by atoms with E-state index in [0.717, 1.165) is 11.1 Å². The van der Waals surface area contributed by atoms with Crippen molar-refractivity contribution in [3.63, 3.8) is 0 Å². The van der Waals surface area contributed by atoms with E-state index < -0.39 is 10.2 Å². The number of nitrogens with one attached hydrogen (secondary N) is 1. The number of nitro groups is 1. The molecule has 0 fully saturated rings. The Morgan fingerprint density at radius 1 is 1.34 bits per heavy atom. The highest BCUT2D eigenvalue weighted by Crippen LogP contribution is 2.28. The van der Waals surface area contributed by atoms with Crippen LogP contribution in [-0.4, -0.2) is 35.8 Å². The molecule has 10 heteroatoms. The standard InChI is InChI=1S/C19H20N6O3S/c1-4-24-17(14-6-5-9-20-11-14)22-23-19(24)29-13(3)18(26)21-16-10-15(25(27)28)8-7-12(16)2/h5-11,13H,4H2,1-3H3,(H,21,26)/t13-/m1/s1. The normalized spacial score (nSPS) is 11.8. The molecule has 0 radical (unpaired) electrons. The Labute approximate surface area is 171 Å². The SMILES string of the molecule is CCn1c(S[C@H](C)C(=O)Nc2cc([N+](=O)[O-])ccc2C)nnc1-c1cccnc1. The number of pyridine rings is 1. The van der Waals surface area contributed by atoms with Crippen LogP contribution < -0.4 is 5.32 Å². The third-order valence-electron chi connectivity index (χ3n) is 4.29. The molecule has 1 amide bonds. The number of carbonyl (C=O) groups is 1. The van der Waals surface area contributed by atoms with Crippen molar-refractivity contribution >= 4 is 29.0 Å². The van der Waals surface area contributed by atoms with E-state index in [1.165, 1.54) is 23.9 Å². The average molecular weight is 412 g/mol. The number of carbonyl (C=O) groups excluding carboxylic acids is 1. The van der Waals surface area contributed by atoms with Gasteiger partial charge in [0.1, 0.15) is 0 Å².